The van der Waals surface area contributed by atoms with Crippen molar-refractivity contribution in [1.29, 1.82) is 0 Å². The first kappa shape index (κ1) is 17.4. The molecular formula is C22H20N6O. The molecule has 7 nitrogen and oxygen atoms in total. The van der Waals surface area contributed by atoms with Crippen LogP contribution in [0.5, 0.6) is 0 Å². The molecule has 4 aromatic rings. The van der Waals surface area contributed by atoms with Crippen molar-refractivity contribution in [1.82, 2.24) is 24.6 Å². The van der Waals surface area contributed by atoms with Crippen LogP contribution in [0.25, 0.3) is 33.3 Å². The molecule has 144 valence electrons. The van der Waals surface area contributed by atoms with Gasteiger partial charge in [0.1, 0.15) is 0 Å². The van der Waals surface area contributed by atoms with E-state index in [4.69, 9.17) is 4.98 Å². The summed E-state index contributed by atoms with van der Waals surface area (Å²) in [7, 11) is 3.71. The molecule has 1 aliphatic rings. The summed E-state index contributed by atoms with van der Waals surface area (Å²) in [4.78, 5) is 25.0. The van der Waals surface area contributed by atoms with Gasteiger partial charge in [-0.2, -0.15) is 5.10 Å². The van der Waals surface area contributed by atoms with Crippen molar-refractivity contribution in [2.45, 2.75) is 0 Å². The third kappa shape index (κ3) is 3.00. The molecule has 0 spiro atoms. The van der Waals surface area contributed by atoms with E-state index in [0.29, 0.717) is 6.54 Å². The number of anilines is 1. The van der Waals surface area contributed by atoms with Gasteiger partial charge in [0.05, 0.1) is 17.4 Å². The molecule has 2 amide bonds. The second-order valence-electron chi connectivity index (χ2n) is 7.25. The highest BCUT2D eigenvalue weighted by Crippen LogP contribution is 2.34. The van der Waals surface area contributed by atoms with E-state index in [2.05, 4.69) is 16.1 Å². The van der Waals surface area contributed by atoms with Gasteiger partial charge in [0.15, 0.2) is 0 Å². The van der Waals surface area contributed by atoms with Crippen molar-refractivity contribution in [3.8, 4) is 22.4 Å². The van der Waals surface area contributed by atoms with Crippen molar-refractivity contribution < 1.29 is 4.79 Å². The summed E-state index contributed by atoms with van der Waals surface area (Å²) in [5.74, 6) is 0. The Morgan fingerprint density at radius 1 is 0.966 bits per heavy atom. The number of nitrogens with zero attached hydrogens (tertiary/aromatic N) is 6. The minimum Gasteiger partial charge on any atom is -0.326 e. The van der Waals surface area contributed by atoms with E-state index in [-0.39, 0.29) is 6.03 Å². The lowest BCUT2D eigenvalue weighted by Gasteiger charge is -2.17. The number of amides is 2. The largest absolute Gasteiger partial charge is 0.326 e. The molecule has 0 saturated carbocycles. The van der Waals surface area contributed by atoms with E-state index < -0.39 is 0 Å². The molecule has 0 radical (unpaired) electrons. The molecule has 1 aromatic carbocycles. The number of likely N-dealkylation sites (N-methyl/N-ethyl adjacent to an activating group) is 1. The normalized spacial score (nSPS) is 14.2. The summed E-state index contributed by atoms with van der Waals surface area (Å²) >= 11 is 0. The van der Waals surface area contributed by atoms with Crippen LogP contribution in [-0.2, 0) is 7.05 Å². The minimum absolute atomic E-state index is 0.0159. The molecule has 0 unspecified atom stereocenters. The Balaban J connectivity index is 1.71. The number of aromatic nitrogens is 4. The van der Waals surface area contributed by atoms with Gasteiger partial charge in [-0.3, -0.25) is 14.6 Å². The van der Waals surface area contributed by atoms with Crippen LogP contribution in [0.2, 0.25) is 0 Å². The molecule has 7 heteroatoms. The number of hydrogen-bond donors (Lipinski definition) is 0. The summed E-state index contributed by atoms with van der Waals surface area (Å²) in [5, 5.41) is 5.32. The molecule has 5 rings (SSSR count). The maximum absolute atomic E-state index is 12.4. The number of pyridine rings is 2. The first-order valence-electron chi connectivity index (χ1n) is 9.47. The highest BCUT2D eigenvalue weighted by atomic mass is 16.2. The molecule has 3 aromatic heterocycles. The second-order valence-corrected chi connectivity index (χ2v) is 7.25. The van der Waals surface area contributed by atoms with Crippen LogP contribution in [0.3, 0.4) is 0 Å². The third-order valence-corrected chi connectivity index (χ3v) is 5.31. The summed E-state index contributed by atoms with van der Waals surface area (Å²) < 4.78 is 1.77. The van der Waals surface area contributed by atoms with Gasteiger partial charge in [-0.25, -0.2) is 9.78 Å². The first-order valence-corrected chi connectivity index (χ1v) is 9.47. The Labute approximate surface area is 168 Å². The average molecular weight is 384 g/mol. The van der Waals surface area contributed by atoms with Crippen LogP contribution in [0.1, 0.15) is 0 Å². The molecule has 0 N–H and O–H groups in total. The zero-order valence-electron chi connectivity index (χ0n) is 16.3. The fourth-order valence-corrected chi connectivity index (χ4v) is 3.74. The Kier molecular flexibility index (Phi) is 4.01. The van der Waals surface area contributed by atoms with Gasteiger partial charge in [-0.1, -0.05) is 6.07 Å². The lowest BCUT2D eigenvalue weighted by molar-refractivity contribution is 0.229. The van der Waals surface area contributed by atoms with Gasteiger partial charge in [0, 0.05) is 62.4 Å². The van der Waals surface area contributed by atoms with E-state index in [1.807, 2.05) is 56.8 Å². The number of rotatable bonds is 3. The maximum atomic E-state index is 12.4. The number of benzene rings is 1. The highest BCUT2D eigenvalue weighted by molar-refractivity contribution is 6.01. The Morgan fingerprint density at radius 2 is 1.79 bits per heavy atom. The van der Waals surface area contributed by atoms with Crippen LogP contribution in [0.15, 0.2) is 61.2 Å². The van der Waals surface area contributed by atoms with Crippen LogP contribution < -0.4 is 4.90 Å². The number of hydrogen-bond acceptors (Lipinski definition) is 4. The van der Waals surface area contributed by atoms with Crippen molar-refractivity contribution in [3.63, 3.8) is 0 Å². The lowest BCUT2D eigenvalue weighted by Crippen LogP contribution is -2.29. The molecule has 29 heavy (non-hydrogen) atoms. The Morgan fingerprint density at radius 3 is 2.48 bits per heavy atom. The Hall–Kier alpha value is -3.74. The maximum Gasteiger partial charge on any atom is 0.324 e. The summed E-state index contributed by atoms with van der Waals surface area (Å²) in [6.07, 6.45) is 7.34. The van der Waals surface area contributed by atoms with Gasteiger partial charge in [-0.15, -0.1) is 0 Å². The number of urea groups is 1. The zero-order chi connectivity index (χ0) is 20.0. The van der Waals surface area contributed by atoms with Crippen molar-refractivity contribution >= 4 is 22.6 Å². The molecule has 4 heterocycles. The van der Waals surface area contributed by atoms with Crippen LogP contribution in [0, 0.1) is 0 Å². The van der Waals surface area contributed by atoms with Gasteiger partial charge in [0.2, 0.25) is 0 Å². The average Bonchev–Trinajstić information content (AvgIpc) is 3.33. The summed E-state index contributed by atoms with van der Waals surface area (Å²) in [6.45, 7) is 1.41. The quantitative estimate of drug-likeness (QED) is 0.542. The highest BCUT2D eigenvalue weighted by Gasteiger charge is 2.27. The molecular weight excluding hydrogens is 364 g/mol. The molecule has 0 aliphatic carbocycles. The Bertz CT molecular complexity index is 1220. The van der Waals surface area contributed by atoms with Crippen LogP contribution >= 0.6 is 0 Å². The topological polar surface area (TPSA) is 67.2 Å². The predicted molar refractivity (Wildman–Crippen MR) is 113 cm³/mol. The minimum atomic E-state index is 0.0159. The summed E-state index contributed by atoms with van der Waals surface area (Å²) in [6, 6.07) is 12.1. The molecule has 0 bridgehead atoms. The SMILES string of the molecule is CN1CCN(c2ccc3c(-c4ccncc4)cc(-c4cnn(C)c4)nc3c2)C1=O. The molecule has 0 atom stereocenters. The van der Waals surface area contributed by atoms with Gasteiger partial charge in [0.25, 0.3) is 0 Å². The molecule has 1 aliphatic heterocycles. The second kappa shape index (κ2) is 6.70. The van der Waals surface area contributed by atoms with E-state index in [1.165, 1.54) is 0 Å². The first-order chi connectivity index (χ1) is 14.1. The van der Waals surface area contributed by atoms with Crippen LogP contribution in [-0.4, -0.2) is 50.8 Å². The van der Waals surface area contributed by atoms with Gasteiger partial charge >= 0.3 is 6.03 Å². The molecule has 1 fully saturated rings. The number of fused-ring (bicyclic) bond motifs is 1. The number of aryl methyl sites for hydroxylation is 1. The zero-order valence-corrected chi connectivity index (χ0v) is 16.3. The smallest absolute Gasteiger partial charge is 0.324 e. The van der Waals surface area contributed by atoms with Gasteiger partial charge < -0.3 is 4.90 Å². The van der Waals surface area contributed by atoms with E-state index in [9.17, 15) is 4.79 Å². The van der Waals surface area contributed by atoms with E-state index in [0.717, 1.165) is 45.5 Å². The third-order valence-electron chi connectivity index (χ3n) is 5.31. The fourth-order valence-electron chi connectivity index (χ4n) is 3.74. The fraction of sp³-hybridized carbons (Fsp3) is 0.182. The number of carbonyl (C=O) groups excluding carboxylic acids is 1. The number of carbonyl (C=O) groups is 1. The van der Waals surface area contributed by atoms with Gasteiger partial charge in [-0.05, 0) is 41.5 Å². The lowest BCUT2D eigenvalue weighted by atomic mass is 9.99. The monoisotopic (exact) mass is 384 g/mol. The van der Waals surface area contributed by atoms with Crippen molar-refractivity contribution in [2.75, 3.05) is 25.0 Å². The van der Waals surface area contributed by atoms with Crippen LogP contribution in [0.4, 0.5) is 10.5 Å². The molecule has 1 saturated heterocycles. The van der Waals surface area contributed by atoms with Crippen molar-refractivity contribution in [3.05, 3.63) is 61.2 Å². The standard InChI is InChI=1S/C22H20N6O/c1-26-9-10-28(22(26)29)17-3-4-18-19(15-5-7-23-8-6-15)12-20(25-21(18)11-17)16-13-24-27(2)14-16/h3-8,11-14H,9-10H2,1-2H3. The van der Waals surface area contributed by atoms with E-state index >= 15 is 0 Å². The summed E-state index contributed by atoms with van der Waals surface area (Å²) in [5.41, 5.74) is 5.66. The van der Waals surface area contributed by atoms with E-state index in [1.54, 1.807) is 26.9 Å². The van der Waals surface area contributed by atoms with Crippen molar-refractivity contribution in [2.24, 2.45) is 7.05 Å². The predicted octanol–water partition coefficient (Wildman–Crippen LogP) is 3.57.